The summed E-state index contributed by atoms with van der Waals surface area (Å²) >= 11 is 0.261. The molecule has 0 radical (unpaired) electrons. The molecule has 0 atom stereocenters. The summed E-state index contributed by atoms with van der Waals surface area (Å²) in [5, 5.41) is 0. The van der Waals surface area contributed by atoms with Gasteiger partial charge in [-0.25, -0.2) is 0 Å². The number of allylic oxidation sites excluding steroid dienone is 8. The van der Waals surface area contributed by atoms with Gasteiger partial charge in [0.25, 0.3) is 0 Å². The van der Waals surface area contributed by atoms with Gasteiger partial charge >= 0.3 is 75.8 Å². The fourth-order valence-electron chi connectivity index (χ4n) is 1.06. The summed E-state index contributed by atoms with van der Waals surface area (Å²) in [5.74, 6) is 0. The molecule has 0 unspecified atom stereocenters. The quantitative estimate of drug-likeness (QED) is 0.732. The Balaban J connectivity index is 1.90. The van der Waals surface area contributed by atoms with Crippen molar-refractivity contribution in [3.63, 3.8) is 0 Å². The third-order valence-corrected chi connectivity index (χ3v) is 5.10. The summed E-state index contributed by atoms with van der Waals surface area (Å²) in [4.78, 5) is 0. The van der Waals surface area contributed by atoms with Crippen LogP contribution in [0.3, 0.4) is 0 Å². The molecule has 0 saturated carbocycles. The van der Waals surface area contributed by atoms with Gasteiger partial charge in [0.15, 0.2) is 0 Å². The molecule has 0 saturated heterocycles. The molecule has 2 rings (SSSR count). The molecule has 60 valence electrons. The monoisotopic (exact) mass is 325 g/mol. The third kappa shape index (κ3) is 1.81. The molecule has 0 aromatic rings. The van der Waals surface area contributed by atoms with Crippen LogP contribution in [0.25, 0.3) is 0 Å². The van der Waals surface area contributed by atoms with E-state index >= 15 is 0 Å². The summed E-state index contributed by atoms with van der Waals surface area (Å²) in [7, 11) is 0. The van der Waals surface area contributed by atoms with E-state index in [9.17, 15) is 0 Å². The molecule has 0 N–H and O–H groups in total. The van der Waals surface area contributed by atoms with Gasteiger partial charge in [0, 0.05) is 0 Å². The topological polar surface area (TPSA) is 0 Å². The number of hydrogen-bond donors (Lipinski definition) is 0. The van der Waals surface area contributed by atoms with E-state index in [1.807, 2.05) is 0 Å². The molecule has 0 amide bonds. The predicted molar refractivity (Wildman–Crippen MR) is 44.1 cm³/mol. The van der Waals surface area contributed by atoms with Gasteiger partial charge in [-0.2, -0.15) is 0 Å². The average Bonchev–Trinajstić information content (AvgIpc) is 2.60. The molecule has 0 heterocycles. The molecular weight excluding hydrogens is 315 g/mol. The van der Waals surface area contributed by atoms with E-state index in [1.54, 1.807) is 0 Å². The van der Waals surface area contributed by atoms with Crippen LogP contribution in [0.1, 0.15) is 0 Å². The minimum atomic E-state index is 0.261. The second kappa shape index (κ2) is 3.36. The van der Waals surface area contributed by atoms with Crippen LogP contribution in [-0.2, 0) is 18.6 Å². The molecule has 1 heteroatoms. The fourth-order valence-corrected chi connectivity index (χ4v) is 4.09. The zero-order valence-corrected chi connectivity index (χ0v) is 8.36. The van der Waals surface area contributed by atoms with Crippen LogP contribution in [0, 0.1) is 0 Å². The van der Waals surface area contributed by atoms with Gasteiger partial charge < -0.3 is 0 Å². The van der Waals surface area contributed by atoms with Gasteiger partial charge in [0.1, 0.15) is 0 Å². The Bertz CT molecular complexity index is 196. The SMILES string of the molecule is C1=C[CH]([Pt][CH]2C=CC=C2)C=C1. The molecule has 2 aliphatic carbocycles. The number of hydrogen-bond acceptors (Lipinski definition) is 0. The van der Waals surface area contributed by atoms with Crippen molar-refractivity contribution in [1.29, 1.82) is 0 Å². The van der Waals surface area contributed by atoms with Gasteiger partial charge in [-0.1, -0.05) is 0 Å². The maximum atomic E-state index is 2.31. The molecule has 0 spiro atoms. The van der Waals surface area contributed by atoms with E-state index in [-0.39, 0.29) is 18.6 Å². The second-order valence-electron chi connectivity index (χ2n) is 2.45. The van der Waals surface area contributed by atoms with Crippen LogP contribution >= 0.6 is 0 Å². The summed E-state index contributed by atoms with van der Waals surface area (Å²) in [6.07, 6.45) is 17.9. The molecule has 2 aliphatic rings. The summed E-state index contributed by atoms with van der Waals surface area (Å²) < 4.78 is 1.57. The normalized spacial score (nSPS) is 22.9. The first-order valence-electron chi connectivity index (χ1n) is 3.70. The Kier molecular flexibility index (Phi) is 2.23. The van der Waals surface area contributed by atoms with Crippen LogP contribution in [0.15, 0.2) is 48.6 Å². The Morgan fingerprint density at radius 1 is 0.636 bits per heavy atom. The van der Waals surface area contributed by atoms with Crippen molar-refractivity contribution in [2.45, 2.75) is 8.62 Å². The molecule has 0 fully saturated rings. The van der Waals surface area contributed by atoms with Crippen LogP contribution in [0.4, 0.5) is 0 Å². The fraction of sp³-hybridized carbons (Fsp3) is 0.200. The second-order valence-corrected chi connectivity index (χ2v) is 6.24. The van der Waals surface area contributed by atoms with Crippen molar-refractivity contribution < 1.29 is 18.6 Å². The maximum absolute atomic E-state index is 2.31. The van der Waals surface area contributed by atoms with Gasteiger partial charge in [0.2, 0.25) is 0 Å². The molecule has 0 aromatic carbocycles. The van der Waals surface area contributed by atoms with E-state index in [0.29, 0.717) is 0 Å². The van der Waals surface area contributed by atoms with E-state index < -0.39 is 0 Å². The van der Waals surface area contributed by atoms with E-state index in [4.69, 9.17) is 0 Å². The summed E-state index contributed by atoms with van der Waals surface area (Å²) in [5.41, 5.74) is 0. The molecular formula is C10H10Pt. The molecule has 0 bridgehead atoms. The average molecular weight is 325 g/mol. The molecule has 0 aromatic heterocycles. The van der Waals surface area contributed by atoms with E-state index in [0.717, 1.165) is 8.62 Å². The zero-order valence-electron chi connectivity index (χ0n) is 6.09. The van der Waals surface area contributed by atoms with Gasteiger partial charge in [-0.05, 0) is 0 Å². The first kappa shape index (κ1) is 7.31. The van der Waals surface area contributed by atoms with E-state index in [2.05, 4.69) is 48.6 Å². The van der Waals surface area contributed by atoms with Crippen molar-refractivity contribution in [3.05, 3.63) is 48.6 Å². The summed E-state index contributed by atoms with van der Waals surface area (Å²) in [6, 6.07) is 0. The van der Waals surface area contributed by atoms with Crippen molar-refractivity contribution in [1.82, 2.24) is 0 Å². The Hall–Kier alpha value is -0.352. The van der Waals surface area contributed by atoms with Gasteiger partial charge in [0.05, 0.1) is 0 Å². The zero-order chi connectivity index (χ0) is 7.52. The van der Waals surface area contributed by atoms with Crippen molar-refractivity contribution in [3.8, 4) is 0 Å². The van der Waals surface area contributed by atoms with Crippen molar-refractivity contribution in [2.75, 3.05) is 0 Å². The van der Waals surface area contributed by atoms with Crippen molar-refractivity contribution >= 4 is 0 Å². The van der Waals surface area contributed by atoms with E-state index in [1.165, 1.54) is 0 Å². The third-order valence-electron chi connectivity index (χ3n) is 1.60. The Morgan fingerprint density at radius 3 is 1.36 bits per heavy atom. The number of rotatable bonds is 2. The predicted octanol–water partition coefficient (Wildman–Crippen LogP) is 2.90. The van der Waals surface area contributed by atoms with Crippen LogP contribution in [0.5, 0.6) is 0 Å². The standard InChI is InChI=1S/2C5H5.Pt/c2*1-2-4-5-3-1;/h2*1-5H;. The van der Waals surface area contributed by atoms with Crippen LogP contribution in [-0.4, -0.2) is 0 Å². The minimum absolute atomic E-state index is 0.261. The van der Waals surface area contributed by atoms with Crippen LogP contribution in [0.2, 0.25) is 8.62 Å². The first-order chi connectivity index (χ1) is 5.45. The molecule has 0 nitrogen and oxygen atoms in total. The van der Waals surface area contributed by atoms with Gasteiger partial charge in [-0.3, -0.25) is 0 Å². The van der Waals surface area contributed by atoms with Gasteiger partial charge in [-0.15, -0.1) is 0 Å². The Labute approximate surface area is 75.9 Å². The Morgan fingerprint density at radius 2 is 1.00 bits per heavy atom. The van der Waals surface area contributed by atoms with Crippen molar-refractivity contribution in [2.24, 2.45) is 0 Å². The van der Waals surface area contributed by atoms with Crippen LogP contribution < -0.4 is 0 Å². The molecule has 11 heavy (non-hydrogen) atoms. The first-order valence-corrected chi connectivity index (χ1v) is 6.32. The molecule has 0 aliphatic heterocycles. The summed E-state index contributed by atoms with van der Waals surface area (Å²) in [6.45, 7) is 0.